The number of carboxylic acid groups (broad SMARTS) is 2. The van der Waals surface area contributed by atoms with Crippen molar-refractivity contribution in [1.29, 1.82) is 0 Å². The van der Waals surface area contributed by atoms with Crippen LogP contribution in [0.3, 0.4) is 0 Å². The van der Waals surface area contributed by atoms with Gasteiger partial charge in [0, 0.05) is 28.5 Å². The van der Waals surface area contributed by atoms with Crippen LogP contribution in [0.15, 0.2) is 51.1 Å². The highest BCUT2D eigenvalue weighted by atomic mass is 32.2. The normalized spacial score (nSPS) is 16.8. The zero-order valence-corrected chi connectivity index (χ0v) is 31.6. The van der Waals surface area contributed by atoms with Crippen LogP contribution in [-0.2, 0) is 30.6 Å². The summed E-state index contributed by atoms with van der Waals surface area (Å²) < 4.78 is 1.21. The number of nitrogen functional groups attached to an aromatic ring is 1. The lowest BCUT2D eigenvalue weighted by Gasteiger charge is -2.49. The number of thioether (sulfide) groups is 2. The van der Waals surface area contributed by atoms with Gasteiger partial charge in [-0.2, -0.15) is 9.50 Å². The van der Waals surface area contributed by atoms with Gasteiger partial charge in [-0.15, -0.1) is 40.0 Å². The number of benzene rings is 1. The quantitative estimate of drug-likeness (QED) is 0.0200. The standard InChI is InChI=1S/C31H29N11O12S3/c1-31(2,28(53)38-37-22(46)11-3-4-15(44)16(45)5-11)54-40-19(14-10-57-29(32)33-14)23(47)36-20-24(48)41-21(27(51)52)12(9-56-25(20)41)8-55-18-6-13(26(49)50)34-30-35-17(7-43)39-42(18)30/h3-6,10,20,25,43-45H,7-9H2,1-2H3,(H2,32,33)(H,36,47)(H,37,46)(H,38,53)(H,49,50)(H,51,52)/t20?,25-/m0/s1. The number of carbonyl (C=O) groups is 6. The summed E-state index contributed by atoms with van der Waals surface area (Å²) in [5.41, 5.74) is 7.13. The summed E-state index contributed by atoms with van der Waals surface area (Å²) in [6.07, 6.45) is 0. The van der Waals surface area contributed by atoms with Crippen molar-refractivity contribution in [3.8, 4) is 11.5 Å². The van der Waals surface area contributed by atoms with E-state index >= 15 is 0 Å². The molecule has 0 bridgehead atoms. The first kappa shape index (κ1) is 40.2. The lowest BCUT2D eigenvalue weighted by molar-refractivity contribution is -0.150. The van der Waals surface area contributed by atoms with Crippen molar-refractivity contribution in [2.24, 2.45) is 5.16 Å². The molecule has 2 aliphatic heterocycles. The monoisotopic (exact) mass is 843 g/mol. The molecule has 4 aromatic rings. The molecule has 1 aromatic carbocycles. The molecule has 0 aliphatic carbocycles. The van der Waals surface area contributed by atoms with Gasteiger partial charge in [-0.25, -0.2) is 19.6 Å². The summed E-state index contributed by atoms with van der Waals surface area (Å²) >= 11 is 3.12. The van der Waals surface area contributed by atoms with Crippen molar-refractivity contribution in [2.75, 3.05) is 17.2 Å². The van der Waals surface area contributed by atoms with Crippen LogP contribution < -0.4 is 21.9 Å². The minimum Gasteiger partial charge on any atom is -0.504 e. The van der Waals surface area contributed by atoms with Gasteiger partial charge in [-0.05, 0) is 37.6 Å². The molecular formula is C31H29N11O12S3. The average molecular weight is 844 g/mol. The van der Waals surface area contributed by atoms with Crippen LogP contribution >= 0.6 is 34.9 Å². The number of phenols is 2. The van der Waals surface area contributed by atoms with E-state index in [1.807, 2.05) is 0 Å². The van der Waals surface area contributed by atoms with E-state index in [9.17, 15) is 54.3 Å². The number of aliphatic carboxylic acids is 1. The number of aromatic nitrogens is 5. The summed E-state index contributed by atoms with van der Waals surface area (Å²) in [5, 5.41) is 59.5. The van der Waals surface area contributed by atoms with Crippen LogP contribution in [0, 0.1) is 0 Å². The number of rotatable bonds is 13. The molecule has 1 unspecified atom stereocenters. The highest BCUT2D eigenvalue weighted by molar-refractivity contribution is 8.01. The van der Waals surface area contributed by atoms with E-state index in [0.717, 1.165) is 51.9 Å². The van der Waals surface area contributed by atoms with Gasteiger partial charge in [0.25, 0.3) is 29.4 Å². The molecule has 3 aromatic heterocycles. The number of carboxylic acids is 2. The van der Waals surface area contributed by atoms with Gasteiger partial charge in [-0.1, -0.05) is 5.16 Å². The number of aromatic carboxylic acids is 1. The maximum Gasteiger partial charge on any atom is 0.354 e. The van der Waals surface area contributed by atoms with Gasteiger partial charge in [-0.3, -0.25) is 34.9 Å². The van der Waals surface area contributed by atoms with Crippen molar-refractivity contribution in [1.82, 2.24) is 45.6 Å². The number of oxime groups is 1. The van der Waals surface area contributed by atoms with Gasteiger partial charge in [0.05, 0.1) is 0 Å². The number of thiazole rings is 1. The molecule has 0 spiro atoms. The molecule has 4 amide bonds. The molecule has 23 nitrogen and oxygen atoms in total. The van der Waals surface area contributed by atoms with Crippen LogP contribution in [0.25, 0.3) is 5.78 Å². The number of nitrogens with two attached hydrogens (primary N) is 1. The van der Waals surface area contributed by atoms with Crippen LogP contribution in [0.4, 0.5) is 5.13 Å². The molecule has 5 heterocycles. The van der Waals surface area contributed by atoms with E-state index in [0.29, 0.717) is 5.57 Å². The fourth-order valence-electron chi connectivity index (χ4n) is 5.13. The Bertz CT molecular complexity index is 2410. The molecule has 6 rings (SSSR count). The van der Waals surface area contributed by atoms with Crippen molar-refractivity contribution in [3.63, 3.8) is 0 Å². The summed E-state index contributed by atoms with van der Waals surface area (Å²) in [6.45, 7) is 1.98. The zero-order valence-electron chi connectivity index (χ0n) is 29.2. The topological polar surface area (TPSA) is 346 Å². The van der Waals surface area contributed by atoms with E-state index in [1.165, 1.54) is 35.9 Å². The number of carbonyl (C=O) groups excluding carboxylic acids is 4. The van der Waals surface area contributed by atoms with Crippen LogP contribution in [0.2, 0.25) is 0 Å². The summed E-state index contributed by atoms with van der Waals surface area (Å²) in [5.74, 6) is -7.37. The predicted molar refractivity (Wildman–Crippen MR) is 198 cm³/mol. The number of aromatic hydroxyl groups is 2. The molecule has 0 saturated carbocycles. The van der Waals surface area contributed by atoms with E-state index in [-0.39, 0.29) is 55.9 Å². The maximum atomic E-state index is 13.7. The number of aliphatic hydroxyl groups is 1. The number of anilines is 1. The fraction of sp³-hybridized carbons (Fsp3) is 0.258. The van der Waals surface area contributed by atoms with Crippen LogP contribution in [-0.4, -0.2) is 125 Å². The van der Waals surface area contributed by atoms with Crippen molar-refractivity contribution in [2.45, 2.75) is 42.5 Å². The number of nitrogens with zero attached hydrogens (tertiary/aromatic N) is 7. The minimum atomic E-state index is -1.85. The lowest BCUT2D eigenvalue weighted by Crippen LogP contribution is -2.71. The zero-order chi connectivity index (χ0) is 41.3. The third kappa shape index (κ3) is 8.23. The number of hydrogen-bond acceptors (Lipinski definition) is 19. The maximum absolute atomic E-state index is 13.7. The Hall–Kier alpha value is -6.51. The lowest BCUT2D eigenvalue weighted by atomic mass is 10.0. The molecule has 1 saturated heterocycles. The smallest absolute Gasteiger partial charge is 0.354 e. The van der Waals surface area contributed by atoms with Crippen molar-refractivity contribution < 1.29 is 59.1 Å². The highest BCUT2D eigenvalue weighted by Gasteiger charge is 2.54. The van der Waals surface area contributed by atoms with Crippen molar-refractivity contribution >= 4 is 87.0 Å². The Morgan fingerprint density at radius 1 is 1.05 bits per heavy atom. The highest BCUT2D eigenvalue weighted by Crippen LogP contribution is 2.42. The second-order valence-corrected chi connectivity index (χ2v) is 15.3. The van der Waals surface area contributed by atoms with Gasteiger partial charge < -0.3 is 41.4 Å². The number of aliphatic hydroxyl groups excluding tert-OH is 1. The summed E-state index contributed by atoms with van der Waals surface area (Å²) in [6, 6.07) is 3.22. The van der Waals surface area contributed by atoms with E-state index in [2.05, 4.69) is 41.4 Å². The molecule has 10 N–H and O–H groups in total. The molecule has 298 valence electrons. The van der Waals surface area contributed by atoms with Gasteiger partial charge in [0.2, 0.25) is 5.60 Å². The summed E-state index contributed by atoms with van der Waals surface area (Å²) in [7, 11) is 0. The Labute approximate surface area is 331 Å². The number of hydrogen-bond donors (Lipinski definition) is 9. The van der Waals surface area contributed by atoms with E-state index in [1.54, 1.807) is 0 Å². The number of phenolic OH excluding ortho intramolecular Hbond substituents is 2. The molecular weight excluding hydrogens is 815 g/mol. The fourth-order valence-corrected chi connectivity index (χ4v) is 8.15. The largest absolute Gasteiger partial charge is 0.504 e. The van der Waals surface area contributed by atoms with Crippen LogP contribution in [0.5, 0.6) is 11.5 Å². The SMILES string of the molecule is CC(C)(ON=C(C(=O)NC1C(=O)N2C(C(=O)O)=C(CSc3cc(C(=O)O)nc4nc(CO)nn34)CS[C@@H]12)c1csc(N)n1)C(=O)NNC(=O)c1ccc(O)c(O)c1. The Balaban J connectivity index is 1.15. The Morgan fingerprint density at radius 3 is 2.46 bits per heavy atom. The number of β-lactam (4-membered cyclic amide) rings is 1. The summed E-state index contributed by atoms with van der Waals surface area (Å²) in [4.78, 5) is 95.1. The number of fused-ring (bicyclic) bond motifs is 2. The first-order chi connectivity index (χ1) is 27.0. The predicted octanol–water partition coefficient (Wildman–Crippen LogP) is -0.744. The molecule has 0 radical (unpaired) electrons. The third-order valence-electron chi connectivity index (χ3n) is 8.03. The molecule has 2 aliphatic rings. The van der Waals surface area contributed by atoms with Gasteiger partial charge in [0.15, 0.2) is 33.9 Å². The molecule has 1 fully saturated rings. The molecule has 26 heteroatoms. The van der Waals surface area contributed by atoms with Crippen LogP contribution in [0.1, 0.15) is 46.2 Å². The molecule has 57 heavy (non-hydrogen) atoms. The Morgan fingerprint density at radius 2 is 1.81 bits per heavy atom. The number of amides is 4. The molecule has 2 atom stereocenters. The number of hydrazine groups is 1. The van der Waals surface area contributed by atoms with Crippen molar-refractivity contribution in [3.05, 3.63) is 63.7 Å². The van der Waals surface area contributed by atoms with E-state index < -0.39 is 76.4 Å². The van der Waals surface area contributed by atoms with Gasteiger partial charge in [0.1, 0.15) is 34.4 Å². The Kier molecular flexibility index (Phi) is 11.2. The first-order valence-corrected chi connectivity index (χ1v) is 18.9. The third-order valence-corrected chi connectivity index (χ3v) is 11.1. The van der Waals surface area contributed by atoms with Gasteiger partial charge >= 0.3 is 11.9 Å². The van der Waals surface area contributed by atoms with E-state index in [4.69, 9.17) is 10.6 Å². The minimum absolute atomic E-state index is 0.0174. The average Bonchev–Trinajstić information content (AvgIpc) is 3.81. The second-order valence-electron chi connectivity index (χ2n) is 12.3. The first-order valence-electron chi connectivity index (χ1n) is 16.0. The second kappa shape index (κ2) is 15.9. The number of nitrogens with one attached hydrogen (secondary N) is 3.